The SMILES string of the molecule is Cc1cccc(C(O)CNCc2ccncc2)c1. The van der Waals surface area contributed by atoms with Crippen molar-refractivity contribution in [3.05, 3.63) is 65.5 Å². The van der Waals surface area contributed by atoms with Crippen LogP contribution in [0.4, 0.5) is 0 Å². The van der Waals surface area contributed by atoms with Crippen LogP contribution in [0.1, 0.15) is 22.8 Å². The lowest BCUT2D eigenvalue weighted by molar-refractivity contribution is 0.174. The van der Waals surface area contributed by atoms with E-state index in [4.69, 9.17) is 0 Å². The number of nitrogens with zero attached hydrogens (tertiary/aromatic N) is 1. The van der Waals surface area contributed by atoms with Gasteiger partial charge in [-0.25, -0.2) is 0 Å². The monoisotopic (exact) mass is 242 g/mol. The summed E-state index contributed by atoms with van der Waals surface area (Å²) < 4.78 is 0. The highest BCUT2D eigenvalue weighted by molar-refractivity contribution is 5.24. The first-order chi connectivity index (χ1) is 8.75. The zero-order chi connectivity index (χ0) is 12.8. The van der Waals surface area contributed by atoms with Crippen LogP contribution in [0.15, 0.2) is 48.8 Å². The first-order valence-corrected chi connectivity index (χ1v) is 6.10. The topological polar surface area (TPSA) is 45.1 Å². The number of aromatic nitrogens is 1. The van der Waals surface area contributed by atoms with Crippen molar-refractivity contribution in [2.24, 2.45) is 0 Å². The van der Waals surface area contributed by atoms with Gasteiger partial charge in [0.2, 0.25) is 0 Å². The van der Waals surface area contributed by atoms with Crippen LogP contribution < -0.4 is 5.32 Å². The molecule has 0 saturated heterocycles. The van der Waals surface area contributed by atoms with E-state index in [1.54, 1.807) is 12.4 Å². The molecule has 2 rings (SSSR count). The predicted octanol–water partition coefficient (Wildman–Crippen LogP) is 2.21. The lowest BCUT2D eigenvalue weighted by atomic mass is 10.1. The van der Waals surface area contributed by atoms with Gasteiger partial charge in [0.15, 0.2) is 0 Å². The first kappa shape index (κ1) is 12.7. The second-order valence-electron chi connectivity index (χ2n) is 4.42. The van der Waals surface area contributed by atoms with Crippen molar-refractivity contribution in [1.29, 1.82) is 0 Å². The third-order valence-electron chi connectivity index (χ3n) is 2.84. The van der Waals surface area contributed by atoms with Crippen LogP contribution in [0.5, 0.6) is 0 Å². The Morgan fingerprint density at radius 3 is 2.72 bits per heavy atom. The number of rotatable bonds is 5. The summed E-state index contributed by atoms with van der Waals surface area (Å²) in [6.07, 6.45) is 3.08. The maximum atomic E-state index is 10.0. The molecule has 1 heterocycles. The van der Waals surface area contributed by atoms with Gasteiger partial charge in [0.1, 0.15) is 0 Å². The first-order valence-electron chi connectivity index (χ1n) is 6.10. The average Bonchev–Trinajstić information content (AvgIpc) is 2.40. The van der Waals surface area contributed by atoms with Gasteiger partial charge in [-0.15, -0.1) is 0 Å². The van der Waals surface area contributed by atoms with Crippen LogP contribution in [0.25, 0.3) is 0 Å². The Labute approximate surface area is 108 Å². The average molecular weight is 242 g/mol. The number of pyridine rings is 1. The van der Waals surface area contributed by atoms with Gasteiger partial charge >= 0.3 is 0 Å². The Morgan fingerprint density at radius 2 is 2.00 bits per heavy atom. The molecule has 1 aromatic heterocycles. The summed E-state index contributed by atoms with van der Waals surface area (Å²) >= 11 is 0. The van der Waals surface area contributed by atoms with Crippen LogP contribution in [0, 0.1) is 6.92 Å². The van der Waals surface area contributed by atoms with Crippen molar-refractivity contribution in [3.8, 4) is 0 Å². The molecule has 3 nitrogen and oxygen atoms in total. The quantitative estimate of drug-likeness (QED) is 0.845. The standard InChI is InChI=1S/C15H18N2O/c1-12-3-2-4-14(9-12)15(18)11-17-10-13-5-7-16-8-6-13/h2-9,15,17-18H,10-11H2,1H3. The molecule has 2 N–H and O–H groups in total. The summed E-state index contributed by atoms with van der Waals surface area (Å²) in [6.45, 7) is 3.32. The van der Waals surface area contributed by atoms with Crippen LogP contribution in [-0.4, -0.2) is 16.6 Å². The van der Waals surface area contributed by atoms with E-state index in [-0.39, 0.29) is 0 Å². The Bertz CT molecular complexity index is 485. The van der Waals surface area contributed by atoms with E-state index >= 15 is 0 Å². The highest BCUT2D eigenvalue weighted by Crippen LogP contribution is 2.13. The maximum Gasteiger partial charge on any atom is 0.0914 e. The zero-order valence-corrected chi connectivity index (χ0v) is 10.5. The summed E-state index contributed by atoms with van der Waals surface area (Å²) in [4.78, 5) is 3.97. The van der Waals surface area contributed by atoms with E-state index in [1.807, 2.05) is 43.3 Å². The largest absolute Gasteiger partial charge is 0.387 e. The van der Waals surface area contributed by atoms with Crippen molar-refractivity contribution in [1.82, 2.24) is 10.3 Å². The molecule has 0 bridgehead atoms. The fourth-order valence-corrected chi connectivity index (χ4v) is 1.85. The highest BCUT2D eigenvalue weighted by Gasteiger charge is 2.06. The van der Waals surface area contributed by atoms with Gasteiger partial charge in [0.05, 0.1) is 6.10 Å². The van der Waals surface area contributed by atoms with E-state index in [0.717, 1.165) is 12.1 Å². The molecule has 1 unspecified atom stereocenters. The molecule has 2 aromatic rings. The van der Waals surface area contributed by atoms with E-state index in [0.29, 0.717) is 6.54 Å². The number of nitrogens with one attached hydrogen (secondary N) is 1. The molecule has 0 saturated carbocycles. The number of aliphatic hydroxyl groups excluding tert-OH is 1. The van der Waals surface area contributed by atoms with Crippen LogP contribution >= 0.6 is 0 Å². The second-order valence-corrected chi connectivity index (χ2v) is 4.42. The van der Waals surface area contributed by atoms with E-state index in [2.05, 4.69) is 10.3 Å². The minimum absolute atomic E-state index is 0.466. The van der Waals surface area contributed by atoms with Gasteiger partial charge in [-0.3, -0.25) is 4.98 Å². The molecule has 1 atom stereocenters. The Hall–Kier alpha value is -1.71. The number of hydrogen-bond donors (Lipinski definition) is 2. The molecule has 0 aliphatic heterocycles. The molecule has 0 amide bonds. The molecule has 94 valence electrons. The minimum atomic E-state index is -0.466. The third-order valence-corrected chi connectivity index (χ3v) is 2.84. The normalized spacial score (nSPS) is 12.3. The Morgan fingerprint density at radius 1 is 1.22 bits per heavy atom. The Kier molecular flexibility index (Phi) is 4.45. The lowest BCUT2D eigenvalue weighted by Crippen LogP contribution is -2.21. The number of benzene rings is 1. The van der Waals surface area contributed by atoms with Crippen LogP contribution in [-0.2, 0) is 6.54 Å². The fraction of sp³-hybridized carbons (Fsp3) is 0.267. The maximum absolute atomic E-state index is 10.0. The van der Waals surface area contributed by atoms with Crippen molar-refractivity contribution in [2.45, 2.75) is 19.6 Å². The molecule has 0 radical (unpaired) electrons. The summed E-state index contributed by atoms with van der Waals surface area (Å²) in [5.41, 5.74) is 3.29. The van der Waals surface area contributed by atoms with Gasteiger partial charge in [0, 0.05) is 25.5 Å². The molecular weight excluding hydrogens is 224 g/mol. The smallest absolute Gasteiger partial charge is 0.0914 e. The van der Waals surface area contributed by atoms with E-state index in [1.165, 1.54) is 11.1 Å². The molecule has 1 aromatic carbocycles. The highest BCUT2D eigenvalue weighted by atomic mass is 16.3. The van der Waals surface area contributed by atoms with Crippen molar-refractivity contribution < 1.29 is 5.11 Å². The Balaban J connectivity index is 1.83. The van der Waals surface area contributed by atoms with E-state index in [9.17, 15) is 5.11 Å². The van der Waals surface area contributed by atoms with Crippen LogP contribution in [0.3, 0.4) is 0 Å². The molecular formula is C15H18N2O. The van der Waals surface area contributed by atoms with Crippen LogP contribution in [0.2, 0.25) is 0 Å². The molecule has 18 heavy (non-hydrogen) atoms. The van der Waals surface area contributed by atoms with Crippen molar-refractivity contribution >= 4 is 0 Å². The summed E-state index contributed by atoms with van der Waals surface area (Å²) in [7, 11) is 0. The summed E-state index contributed by atoms with van der Waals surface area (Å²) in [5, 5.41) is 13.3. The fourth-order valence-electron chi connectivity index (χ4n) is 1.85. The summed E-state index contributed by atoms with van der Waals surface area (Å²) in [6, 6.07) is 11.9. The second kappa shape index (κ2) is 6.28. The lowest BCUT2D eigenvalue weighted by Gasteiger charge is -2.12. The predicted molar refractivity (Wildman–Crippen MR) is 72.1 cm³/mol. The molecule has 0 spiro atoms. The third kappa shape index (κ3) is 3.65. The van der Waals surface area contributed by atoms with Gasteiger partial charge in [-0.1, -0.05) is 29.8 Å². The zero-order valence-electron chi connectivity index (χ0n) is 10.5. The van der Waals surface area contributed by atoms with Gasteiger partial charge in [-0.2, -0.15) is 0 Å². The molecule has 0 fully saturated rings. The van der Waals surface area contributed by atoms with Gasteiger partial charge in [-0.05, 0) is 30.2 Å². The van der Waals surface area contributed by atoms with Gasteiger partial charge in [0.25, 0.3) is 0 Å². The van der Waals surface area contributed by atoms with E-state index < -0.39 is 6.10 Å². The van der Waals surface area contributed by atoms with Crippen molar-refractivity contribution in [2.75, 3.05) is 6.54 Å². The number of aryl methyl sites for hydroxylation is 1. The minimum Gasteiger partial charge on any atom is -0.387 e. The number of aliphatic hydroxyl groups is 1. The number of hydrogen-bond acceptors (Lipinski definition) is 3. The molecule has 3 heteroatoms. The van der Waals surface area contributed by atoms with Gasteiger partial charge < -0.3 is 10.4 Å². The summed E-state index contributed by atoms with van der Waals surface area (Å²) in [5.74, 6) is 0. The van der Waals surface area contributed by atoms with Crippen molar-refractivity contribution in [3.63, 3.8) is 0 Å². The molecule has 0 aliphatic rings. The molecule has 0 aliphatic carbocycles.